The molecule has 306 valence electrons. The van der Waals surface area contributed by atoms with Crippen LogP contribution in [0, 0.1) is 0 Å². The molecule has 10 heteroatoms. The van der Waals surface area contributed by atoms with Gasteiger partial charge in [0.05, 0.1) is 51.3 Å². The number of benzene rings is 4. The minimum Gasteiger partial charge on any atom is -0.397 e. The zero-order valence-electron chi connectivity index (χ0n) is 34.5. The molecule has 5 aliphatic rings. The predicted molar refractivity (Wildman–Crippen MR) is 250 cm³/mol. The number of aromatic nitrogens is 2. The Morgan fingerprint density at radius 3 is 1.51 bits per heavy atom. The van der Waals surface area contributed by atoms with E-state index in [4.69, 9.17) is 26.4 Å². The van der Waals surface area contributed by atoms with Crippen LogP contribution in [0.25, 0.3) is 0 Å². The van der Waals surface area contributed by atoms with Gasteiger partial charge in [-0.15, -0.1) is 0 Å². The summed E-state index contributed by atoms with van der Waals surface area (Å²) in [6, 6.07) is 37.0. The Morgan fingerprint density at radius 2 is 0.984 bits per heavy atom. The van der Waals surface area contributed by atoms with Gasteiger partial charge in [0.1, 0.15) is 5.69 Å². The van der Waals surface area contributed by atoms with E-state index in [1.807, 2.05) is 42.6 Å². The Kier molecular flexibility index (Phi) is 11.7. The van der Waals surface area contributed by atoms with Gasteiger partial charge >= 0.3 is 0 Å². The zero-order valence-corrected chi connectivity index (χ0v) is 34.5. The zero-order chi connectivity index (χ0) is 41.5. The van der Waals surface area contributed by atoms with E-state index >= 15 is 0 Å². The quantitative estimate of drug-likeness (QED) is 0.126. The lowest BCUT2D eigenvalue weighted by atomic mass is 9.99. The summed E-state index contributed by atoms with van der Waals surface area (Å²) in [5.41, 5.74) is 29.8. The topological polar surface area (TPSA) is 138 Å². The summed E-state index contributed by atoms with van der Waals surface area (Å²) in [5.74, 6) is 0. The lowest BCUT2D eigenvalue weighted by Crippen LogP contribution is -2.29. The van der Waals surface area contributed by atoms with Crippen LogP contribution in [-0.2, 0) is 19.3 Å². The standard InChI is InChI=1S/C26H24N4.C19H22N4.C6H5NO/c1-4-12-30(13-5-1)21-8-10-23-20(15-21)16-25(28-23)18-7-9-22-19(14-18)17-26(29-22)24-6-2-3-11-27-24;20-16-6-4-13(11-17(16)21)19-12-14-10-15(5-7-18(14)22-19)23-8-2-1-3-9-23;8-5-6-3-1-2-4-7-6/h2-3,6-11,14-15H,1,4-5,12-13,16-17H2;4-7,10-11H,1-3,8-9,12,20-21H2;1-5H. The summed E-state index contributed by atoms with van der Waals surface area (Å²) in [7, 11) is 0. The first-order valence-electron chi connectivity index (χ1n) is 21.5. The molecule has 0 unspecified atom stereocenters. The monoisotopic (exact) mass is 805 g/mol. The van der Waals surface area contributed by atoms with Crippen LogP contribution in [0.2, 0.25) is 0 Å². The average Bonchev–Trinajstić information content (AvgIpc) is 4.08. The maximum Gasteiger partial charge on any atom is 0.168 e. The van der Waals surface area contributed by atoms with Crippen molar-refractivity contribution in [2.24, 2.45) is 15.0 Å². The fraction of sp³-hybridized carbons (Fsp3) is 0.255. The number of aldehydes is 1. The highest BCUT2D eigenvalue weighted by molar-refractivity contribution is 6.09. The van der Waals surface area contributed by atoms with Gasteiger partial charge in [-0.3, -0.25) is 29.7 Å². The first-order valence-corrected chi connectivity index (χ1v) is 21.5. The smallest absolute Gasteiger partial charge is 0.168 e. The number of anilines is 4. The summed E-state index contributed by atoms with van der Waals surface area (Å²) in [4.78, 5) is 37.7. The van der Waals surface area contributed by atoms with E-state index in [0.29, 0.717) is 17.1 Å². The molecule has 4 N–H and O–H groups in total. The summed E-state index contributed by atoms with van der Waals surface area (Å²) < 4.78 is 0. The Labute approximate surface area is 357 Å². The van der Waals surface area contributed by atoms with Crippen molar-refractivity contribution in [3.8, 4) is 0 Å². The van der Waals surface area contributed by atoms with Gasteiger partial charge in [0.2, 0.25) is 0 Å². The summed E-state index contributed by atoms with van der Waals surface area (Å²) in [6.07, 6.45) is 14.6. The average molecular weight is 806 g/mol. The molecule has 10 nitrogen and oxygen atoms in total. The van der Waals surface area contributed by atoms with Crippen molar-refractivity contribution in [1.29, 1.82) is 0 Å². The SMILES string of the molecule is Nc1ccc(C2=Nc3ccc(N4CCCCC4)cc3C2)cc1N.O=Cc1ccccn1.c1ccc(C2=Nc3ccc(C4=Nc5ccc(N6CCCCC6)cc5C4)cc3C2)nc1. The van der Waals surface area contributed by atoms with E-state index in [1.165, 1.54) is 98.3 Å². The van der Waals surface area contributed by atoms with Crippen LogP contribution in [0.3, 0.4) is 0 Å². The first kappa shape index (κ1) is 39.5. The van der Waals surface area contributed by atoms with Crippen LogP contribution < -0.4 is 21.3 Å². The van der Waals surface area contributed by atoms with Gasteiger partial charge in [0.15, 0.2) is 6.29 Å². The number of pyridine rings is 2. The molecule has 4 aromatic carbocycles. The molecule has 5 aliphatic heterocycles. The van der Waals surface area contributed by atoms with Crippen molar-refractivity contribution in [2.45, 2.75) is 57.8 Å². The summed E-state index contributed by atoms with van der Waals surface area (Å²) in [6.45, 7) is 4.69. The van der Waals surface area contributed by atoms with Crippen molar-refractivity contribution < 1.29 is 4.79 Å². The maximum atomic E-state index is 9.94. The van der Waals surface area contributed by atoms with Crippen molar-refractivity contribution in [1.82, 2.24) is 9.97 Å². The van der Waals surface area contributed by atoms with Gasteiger partial charge in [-0.25, -0.2) is 0 Å². The predicted octanol–water partition coefficient (Wildman–Crippen LogP) is 9.84. The highest BCUT2D eigenvalue weighted by Crippen LogP contribution is 2.36. The number of hydrogen-bond acceptors (Lipinski definition) is 10. The normalized spacial score (nSPS) is 16.1. The molecular formula is C51H51N9O. The highest BCUT2D eigenvalue weighted by atomic mass is 16.1. The molecule has 7 heterocycles. The van der Waals surface area contributed by atoms with Crippen molar-refractivity contribution >= 4 is 63.2 Å². The molecule has 11 rings (SSSR count). The molecular weight excluding hydrogens is 755 g/mol. The Balaban J connectivity index is 0.000000136. The Bertz CT molecular complexity index is 2630. The van der Waals surface area contributed by atoms with Crippen LogP contribution in [0.15, 0.2) is 137 Å². The molecule has 0 atom stereocenters. The third-order valence-corrected chi connectivity index (χ3v) is 12.0. The molecule has 2 saturated heterocycles. The number of hydrogen-bond donors (Lipinski definition) is 2. The van der Waals surface area contributed by atoms with Gasteiger partial charge in [0.25, 0.3) is 0 Å². The minimum atomic E-state index is 0.479. The minimum absolute atomic E-state index is 0.479. The molecule has 0 saturated carbocycles. The maximum absolute atomic E-state index is 9.94. The molecule has 2 fully saturated rings. The van der Waals surface area contributed by atoms with Crippen molar-refractivity contribution in [3.63, 3.8) is 0 Å². The first-order chi connectivity index (χ1) is 30.0. The van der Waals surface area contributed by atoms with Crippen molar-refractivity contribution in [2.75, 3.05) is 47.4 Å². The molecule has 0 amide bonds. The third-order valence-electron chi connectivity index (χ3n) is 12.0. The molecule has 6 aromatic rings. The molecule has 2 aromatic heterocycles. The van der Waals surface area contributed by atoms with Crippen LogP contribution >= 0.6 is 0 Å². The third kappa shape index (κ3) is 9.13. The van der Waals surface area contributed by atoms with Gasteiger partial charge in [0, 0.05) is 69.2 Å². The molecule has 61 heavy (non-hydrogen) atoms. The van der Waals surface area contributed by atoms with Crippen LogP contribution in [-0.4, -0.2) is 59.6 Å². The number of nitrogens with zero attached hydrogens (tertiary/aromatic N) is 7. The van der Waals surface area contributed by atoms with Gasteiger partial charge in [-0.2, -0.15) is 0 Å². The number of fused-ring (bicyclic) bond motifs is 3. The van der Waals surface area contributed by atoms with Gasteiger partial charge in [-0.1, -0.05) is 24.3 Å². The number of nitrogens with two attached hydrogens (primary N) is 2. The lowest BCUT2D eigenvalue weighted by Gasteiger charge is -2.29. The van der Waals surface area contributed by atoms with E-state index in [0.717, 1.165) is 71.0 Å². The van der Waals surface area contributed by atoms with E-state index in [9.17, 15) is 4.79 Å². The number of aliphatic imine (C=N–C) groups is 3. The second-order valence-corrected chi connectivity index (χ2v) is 16.2. The molecule has 0 spiro atoms. The number of rotatable bonds is 6. The number of carbonyl (C=O) groups excluding carboxylic acids is 1. The number of piperidine rings is 2. The van der Waals surface area contributed by atoms with E-state index in [-0.39, 0.29) is 0 Å². The highest BCUT2D eigenvalue weighted by Gasteiger charge is 2.23. The largest absolute Gasteiger partial charge is 0.397 e. The fourth-order valence-electron chi connectivity index (χ4n) is 8.67. The molecule has 0 bridgehead atoms. The van der Waals surface area contributed by atoms with E-state index in [1.54, 1.807) is 24.4 Å². The second-order valence-electron chi connectivity index (χ2n) is 16.2. The van der Waals surface area contributed by atoms with E-state index < -0.39 is 0 Å². The van der Waals surface area contributed by atoms with Gasteiger partial charge in [-0.05, 0) is 151 Å². The number of nitrogen functional groups attached to an aromatic ring is 2. The molecule has 0 aliphatic carbocycles. The van der Waals surface area contributed by atoms with E-state index in [2.05, 4.69) is 74.4 Å². The van der Waals surface area contributed by atoms with Crippen LogP contribution in [0.1, 0.15) is 82.5 Å². The summed E-state index contributed by atoms with van der Waals surface area (Å²) >= 11 is 0. The lowest BCUT2D eigenvalue weighted by molar-refractivity contribution is 0.111. The fourth-order valence-corrected chi connectivity index (χ4v) is 8.67. The Hall–Kier alpha value is -6.94. The van der Waals surface area contributed by atoms with Crippen LogP contribution in [0.5, 0.6) is 0 Å². The van der Waals surface area contributed by atoms with Gasteiger partial charge < -0.3 is 21.3 Å². The number of carbonyl (C=O) groups is 1. The molecule has 0 radical (unpaired) electrons. The Morgan fingerprint density at radius 1 is 0.475 bits per heavy atom. The van der Waals surface area contributed by atoms with Crippen LogP contribution in [0.4, 0.5) is 39.8 Å². The summed E-state index contributed by atoms with van der Waals surface area (Å²) in [5, 5.41) is 0. The van der Waals surface area contributed by atoms with Crippen molar-refractivity contribution in [3.05, 3.63) is 161 Å². The second kappa shape index (κ2) is 18.1.